The molecule has 3 rings (SSSR count). The third-order valence-corrected chi connectivity index (χ3v) is 4.87. The number of hydrogen-bond acceptors (Lipinski definition) is 4. The fraction of sp³-hybridized carbons (Fsp3) is 0.444. The van der Waals surface area contributed by atoms with E-state index in [1.807, 2.05) is 0 Å². The maximum atomic E-state index is 12.0. The van der Waals surface area contributed by atoms with Gasteiger partial charge in [0, 0.05) is 39.8 Å². The van der Waals surface area contributed by atoms with Crippen molar-refractivity contribution in [1.29, 1.82) is 0 Å². The molecule has 0 bridgehead atoms. The molecule has 0 atom stereocenters. The summed E-state index contributed by atoms with van der Waals surface area (Å²) in [7, 11) is 1.61. The molecule has 1 aliphatic heterocycles. The van der Waals surface area contributed by atoms with Gasteiger partial charge >= 0.3 is 0 Å². The number of rotatable bonds is 3. The lowest BCUT2D eigenvalue weighted by atomic mass is 10.1. The van der Waals surface area contributed by atoms with Gasteiger partial charge in [0.2, 0.25) is 0 Å². The van der Waals surface area contributed by atoms with E-state index in [2.05, 4.69) is 46.1 Å². The number of aryl methyl sites for hydroxylation is 2. The van der Waals surface area contributed by atoms with Crippen LogP contribution in [-0.4, -0.2) is 40.9 Å². The molecule has 1 saturated heterocycles. The number of benzene rings is 1. The van der Waals surface area contributed by atoms with Crippen molar-refractivity contribution in [2.45, 2.75) is 19.9 Å². The molecule has 0 saturated carbocycles. The minimum absolute atomic E-state index is 0.241. The molecule has 0 radical (unpaired) electrons. The molecule has 6 heteroatoms. The van der Waals surface area contributed by atoms with Crippen LogP contribution in [0.2, 0.25) is 5.02 Å². The van der Waals surface area contributed by atoms with E-state index in [0.29, 0.717) is 0 Å². The van der Waals surface area contributed by atoms with Crippen LogP contribution in [0, 0.1) is 6.92 Å². The Labute approximate surface area is 147 Å². The quantitative estimate of drug-likeness (QED) is 0.856. The Hall–Kier alpha value is -1.85. The molecule has 2 aromatic rings. The Morgan fingerprint density at radius 3 is 2.62 bits per heavy atom. The van der Waals surface area contributed by atoms with E-state index >= 15 is 0 Å². The monoisotopic (exact) mass is 346 g/mol. The van der Waals surface area contributed by atoms with Crippen LogP contribution in [0.3, 0.4) is 0 Å². The first-order valence-electron chi connectivity index (χ1n) is 8.29. The number of nitrogens with zero attached hydrogens (tertiary/aromatic N) is 4. The molecule has 1 fully saturated rings. The summed E-state index contributed by atoms with van der Waals surface area (Å²) in [6, 6.07) is 8.70. The molecular formula is C18H23ClN4O. The van der Waals surface area contributed by atoms with E-state index < -0.39 is 0 Å². The summed E-state index contributed by atoms with van der Waals surface area (Å²) in [5.74, 6) is 0. The van der Waals surface area contributed by atoms with Crippen LogP contribution in [0.5, 0.6) is 0 Å². The summed E-state index contributed by atoms with van der Waals surface area (Å²) in [6.07, 6.45) is 2.73. The van der Waals surface area contributed by atoms with Gasteiger partial charge in [-0.15, -0.1) is 0 Å². The van der Waals surface area contributed by atoms with Gasteiger partial charge in [0.05, 0.1) is 11.9 Å². The van der Waals surface area contributed by atoms with Gasteiger partial charge in [-0.3, -0.25) is 9.69 Å². The van der Waals surface area contributed by atoms with Crippen molar-refractivity contribution in [2.24, 2.45) is 7.05 Å². The average molecular weight is 347 g/mol. The van der Waals surface area contributed by atoms with Crippen molar-refractivity contribution in [3.63, 3.8) is 0 Å². The highest BCUT2D eigenvalue weighted by Crippen LogP contribution is 2.22. The first-order valence-corrected chi connectivity index (χ1v) is 8.67. The van der Waals surface area contributed by atoms with Crippen molar-refractivity contribution in [1.82, 2.24) is 14.7 Å². The summed E-state index contributed by atoms with van der Waals surface area (Å²) in [5.41, 5.74) is 3.13. The van der Waals surface area contributed by atoms with Crippen LogP contribution < -0.4 is 10.5 Å². The Morgan fingerprint density at radius 2 is 1.88 bits per heavy atom. The Bertz CT molecular complexity index is 757. The van der Waals surface area contributed by atoms with Crippen molar-refractivity contribution < 1.29 is 0 Å². The lowest BCUT2D eigenvalue weighted by Gasteiger charge is -2.24. The predicted molar refractivity (Wildman–Crippen MR) is 97.8 cm³/mol. The summed E-state index contributed by atoms with van der Waals surface area (Å²) in [5, 5.41) is 4.37. The minimum Gasteiger partial charge on any atom is -0.368 e. The smallest absolute Gasteiger partial charge is 0.287 e. The first-order chi connectivity index (χ1) is 11.5. The fourth-order valence-electron chi connectivity index (χ4n) is 3.04. The van der Waals surface area contributed by atoms with Gasteiger partial charge in [0.25, 0.3) is 5.56 Å². The molecule has 24 heavy (non-hydrogen) atoms. The molecule has 1 aromatic carbocycles. The largest absolute Gasteiger partial charge is 0.368 e. The molecule has 1 aliphatic rings. The third kappa shape index (κ3) is 3.79. The fourth-order valence-corrected chi connectivity index (χ4v) is 3.33. The van der Waals surface area contributed by atoms with Gasteiger partial charge in [-0.25, -0.2) is 4.68 Å². The predicted octanol–water partition coefficient (Wildman–Crippen LogP) is 2.45. The summed E-state index contributed by atoms with van der Waals surface area (Å²) < 4.78 is 1.27. The number of anilines is 1. The maximum absolute atomic E-state index is 12.0. The highest BCUT2D eigenvalue weighted by molar-refractivity contribution is 6.33. The van der Waals surface area contributed by atoms with Crippen LogP contribution in [0.4, 0.5) is 5.69 Å². The van der Waals surface area contributed by atoms with Crippen LogP contribution in [0.15, 0.2) is 35.3 Å². The number of aromatic nitrogens is 2. The highest BCUT2D eigenvalue weighted by atomic mass is 35.5. The molecule has 5 nitrogen and oxygen atoms in total. The molecule has 1 aromatic heterocycles. The van der Waals surface area contributed by atoms with Crippen molar-refractivity contribution in [3.8, 4) is 0 Å². The molecule has 0 spiro atoms. The molecule has 0 aliphatic carbocycles. The van der Waals surface area contributed by atoms with Crippen LogP contribution >= 0.6 is 11.6 Å². The Balaban J connectivity index is 1.68. The summed E-state index contributed by atoms with van der Waals surface area (Å²) in [6.45, 7) is 6.78. The zero-order chi connectivity index (χ0) is 17.1. The normalized spacial score (nSPS) is 16.2. The molecular weight excluding hydrogens is 324 g/mol. The number of hydrogen-bond donors (Lipinski definition) is 0. The van der Waals surface area contributed by atoms with Gasteiger partial charge in [-0.05, 0) is 18.9 Å². The van der Waals surface area contributed by atoms with Crippen LogP contribution in [-0.2, 0) is 13.6 Å². The molecule has 0 N–H and O–H groups in total. The lowest BCUT2D eigenvalue weighted by molar-refractivity contribution is 0.285. The van der Waals surface area contributed by atoms with Gasteiger partial charge in [0.1, 0.15) is 5.02 Å². The maximum Gasteiger partial charge on any atom is 0.287 e. The molecule has 2 heterocycles. The second-order valence-corrected chi connectivity index (χ2v) is 6.75. The summed E-state index contributed by atoms with van der Waals surface area (Å²) in [4.78, 5) is 16.6. The van der Waals surface area contributed by atoms with E-state index in [4.69, 9.17) is 11.6 Å². The first kappa shape index (κ1) is 17.0. The van der Waals surface area contributed by atoms with Gasteiger partial charge in [0.15, 0.2) is 0 Å². The molecule has 128 valence electrons. The van der Waals surface area contributed by atoms with E-state index in [0.717, 1.165) is 44.8 Å². The number of halogens is 1. The van der Waals surface area contributed by atoms with Crippen molar-refractivity contribution in [3.05, 3.63) is 57.0 Å². The summed E-state index contributed by atoms with van der Waals surface area (Å²) >= 11 is 6.24. The van der Waals surface area contributed by atoms with Gasteiger partial charge in [-0.1, -0.05) is 41.4 Å². The zero-order valence-corrected chi connectivity index (χ0v) is 15.0. The van der Waals surface area contributed by atoms with E-state index in [1.165, 1.54) is 15.8 Å². The average Bonchev–Trinajstić information content (AvgIpc) is 2.81. The molecule has 0 amide bonds. The minimum atomic E-state index is -0.241. The van der Waals surface area contributed by atoms with E-state index in [1.54, 1.807) is 13.2 Å². The second kappa shape index (κ2) is 7.36. The van der Waals surface area contributed by atoms with E-state index in [-0.39, 0.29) is 10.6 Å². The lowest BCUT2D eigenvalue weighted by Crippen LogP contribution is -2.32. The highest BCUT2D eigenvalue weighted by Gasteiger charge is 2.19. The van der Waals surface area contributed by atoms with E-state index in [9.17, 15) is 4.79 Å². The van der Waals surface area contributed by atoms with Crippen LogP contribution in [0.1, 0.15) is 17.5 Å². The second-order valence-electron chi connectivity index (χ2n) is 6.37. The third-order valence-electron chi connectivity index (χ3n) is 4.52. The van der Waals surface area contributed by atoms with Crippen LogP contribution in [0.25, 0.3) is 0 Å². The zero-order valence-electron chi connectivity index (χ0n) is 14.2. The SMILES string of the molecule is Cc1ccc(CN2CCCN(c3cnn(C)c(=O)c3Cl)CC2)cc1. The van der Waals surface area contributed by atoms with Crippen molar-refractivity contribution in [2.75, 3.05) is 31.1 Å². The van der Waals surface area contributed by atoms with Crippen molar-refractivity contribution >= 4 is 17.3 Å². The Kier molecular flexibility index (Phi) is 5.21. The topological polar surface area (TPSA) is 41.4 Å². The van der Waals surface area contributed by atoms with Gasteiger partial charge in [-0.2, -0.15) is 5.10 Å². The standard InChI is InChI=1S/C18H23ClN4O/c1-14-4-6-15(7-5-14)13-22-8-3-9-23(11-10-22)16-12-20-21(2)18(24)17(16)19/h4-7,12H,3,8-11,13H2,1-2H3. The molecule has 0 unspecified atom stereocenters. The van der Waals surface area contributed by atoms with Gasteiger partial charge < -0.3 is 4.90 Å². The Morgan fingerprint density at radius 1 is 1.12 bits per heavy atom.